The maximum Gasteiger partial charge on any atom is 0.305 e. The van der Waals surface area contributed by atoms with E-state index in [9.17, 15) is 9.90 Å². The average Bonchev–Trinajstić information content (AvgIpc) is 2.40. The number of rotatable bonds is 3. The van der Waals surface area contributed by atoms with Crippen molar-refractivity contribution in [1.82, 2.24) is 4.90 Å². The molecule has 0 amide bonds. The number of likely N-dealkylation sites (tertiary alicyclic amines) is 1. The minimum atomic E-state index is -0.143. The fraction of sp³-hybridized carbons (Fsp3) is 0.929. The van der Waals surface area contributed by atoms with Crippen molar-refractivity contribution in [3.8, 4) is 0 Å². The molecule has 2 rings (SSSR count). The largest absolute Gasteiger partial charge is 0.469 e. The van der Waals surface area contributed by atoms with E-state index in [1.54, 1.807) is 0 Å². The van der Waals surface area contributed by atoms with Crippen LogP contribution in [0, 0.1) is 5.92 Å². The summed E-state index contributed by atoms with van der Waals surface area (Å²) in [5.41, 5.74) is 0. The van der Waals surface area contributed by atoms with Crippen molar-refractivity contribution < 1.29 is 14.6 Å². The number of methoxy groups -OCH3 is 1. The Morgan fingerprint density at radius 2 is 1.89 bits per heavy atom. The molecule has 0 aromatic heterocycles. The van der Waals surface area contributed by atoms with E-state index < -0.39 is 0 Å². The highest BCUT2D eigenvalue weighted by molar-refractivity contribution is 5.69. The summed E-state index contributed by atoms with van der Waals surface area (Å²) in [6, 6.07) is 0.359. The normalized spacial score (nSPS) is 31.2. The third kappa shape index (κ3) is 3.45. The third-order valence-corrected chi connectivity index (χ3v) is 4.50. The zero-order valence-electron chi connectivity index (χ0n) is 11.3. The standard InChI is InChI=1S/C14H25NO3/c1-18-14(17)10-11-6-8-15(9-7-11)12-4-2-3-5-13(12)16/h11-13,16H,2-10H2,1H3/t12-,13-/m1/s1. The highest BCUT2D eigenvalue weighted by Gasteiger charge is 2.31. The molecule has 4 heteroatoms. The fourth-order valence-electron chi connectivity index (χ4n) is 3.33. The summed E-state index contributed by atoms with van der Waals surface area (Å²) in [5, 5.41) is 10.1. The lowest BCUT2D eigenvalue weighted by Crippen LogP contribution is -2.48. The summed E-state index contributed by atoms with van der Waals surface area (Å²) < 4.78 is 4.72. The molecule has 0 bridgehead atoms. The van der Waals surface area contributed by atoms with E-state index in [-0.39, 0.29) is 12.1 Å². The first-order valence-corrected chi connectivity index (χ1v) is 7.19. The number of piperidine rings is 1. The molecule has 104 valence electrons. The molecular formula is C14H25NO3. The second-order valence-electron chi connectivity index (χ2n) is 5.68. The summed E-state index contributed by atoms with van der Waals surface area (Å²) in [6.45, 7) is 2.03. The number of esters is 1. The van der Waals surface area contributed by atoms with Gasteiger partial charge in [-0.1, -0.05) is 12.8 Å². The van der Waals surface area contributed by atoms with Gasteiger partial charge in [-0.3, -0.25) is 9.69 Å². The Kier molecular flexibility index (Phi) is 5.01. The molecule has 1 saturated carbocycles. The van der Waals surface area contributed by atoms with Gasteiger partial charge >= 0.3 is 5.97 Å². The number of ether oxygens (including phenoxy) is 1. The molecule has 0 radical (unpaired) electrons. The Morgan fingerprint density at radius 3 is 2.50 bits per heavy atom. The molecule has 1 N–H and O–H groups in total. The molecule has 0 aromatic rings. The fourth-order valence-corrected chi connectivity index (χ4v) is 3.33. The van der Waals surface area contributed by atoms with Gasteiger partial charge in [0.1, 0.15) is 0 Å². The van der Waals surface area contributed by atoms with Crippen LogP contribution in [0.3, 0.4) is 0 Å². The Labute approximate surface area is 109 Å². The maximum atomic E-state index is 11.2. The minimum Gasteiger partial charge on any atom is -0.469 e. The number of carbonyl (C=O) groups excluding carboxylic acids is 1. The van der Waals surface area contributed by atoms with Crippen molar-refractivity contribution >= 4 is 5.97 Å². The van der Waals surface area contributed by atoms with Crippen LogP contribution in [0.15, 0.2) is 0 Å². The van der Waals surface area contributed by atoms with E-state index in [1.165, 1.54) is 13.5 Å². The average molecular weight is 255 g/mol. The van der Waals surface area contributed by atoms with E-state index in [0.717, 1.165) is 45.2 Å². The van der Waals surface area contributed by atoms with Crippen LogP contribution in [0.1, 0.15) is 44.9 Å². The number of aliphatic hydroxyl groups excluding tert-OH is 1. The summed E-state index contributed by atoms with van der Waals surface area (Å²) in [5.74, 6) is 0.376. The summed E-state index contributed by atoms with van der Waals surface area (Å²) in [7, 11) is 1.45. The predicted molar refractivity (Wildman–Crippen MR) is 69.2 cm³/mol. The van der Waals surface area contributed by atoms with E-state index in [0.29, 0.717) is 18.4 Å². The quantitative estimate of drug-likeness (QED) is 0.778. The Hall–Kier alpha value is -0.610. The van der Waals surface area contributed by atoms with Gasteiger partial charge in [0.05, 0.1) is 13.2 Å². The highest BCUT2D eigenvalue weighted by Crippen LogP contribution is 2.28. The predicted octanol–water partition coefficient (Wildman–Crippen LogP) is 1.56. The Morgan fingerprint density at radius 1 is 1.22 bits per heavy atom. The summed E-state index contributed by atoms with van der Waals surface area (Å²) in [4.78, 5) is 13.7. The molecular weight excluding hydrogens is 230 g/mol. The van der Waals surface area contributed by atoms with Crippen LogP contribution in [0.4, 0.5) is 0 Å². The lowest BCUT2D eigenvalue weighted by Gasteiger charge is -2.41. The van der Waals surface area contributed by atoms with Crippen molar-refractivity contribution in [2.75, 3.05) is 20.2 Å². The molecule has 1 saturated heterocycles. The molecule has 1 aliphatic heterocycles. The summed E-state index contributed by atoms with van der Waals surface area (Å²) >= 11 is 0. The van der Waals surface area contributed by atoms with Gasteiger partial charge in [0, 0.05) is 12.5 Å². The highest BCUT2D eigenvalue weighted by atomic mass is 16.5. The number of hydrogen-bond donors (Lipinski definition) is 1. The van der Waals surface area contributed by atoms with Crippen molar-refractivity contribution in [2.45, 2.75) is 57.1 Å². The van der Waals surface area contributed by atoms with Crippen molar-refractivity contribution in [3.63, 3.8) is 0 Å². The lowest BCUT2D eigenvalue weighted by atomic mass is 9.87. The van der Waals surface area contributed by atoms with Gasteiger partial charge in [-0.05, 0) is 44.7 Å². The molecule has 0 unspecified atom stereocenters. The van der Waals surface area contributed by atoms with E-state index in [2.05, 4.69) is 4.90 Å². The molecule has 0 aromatic carbocycles. The molecule has 18 heavy (non-hydrogen) atoms. The third-order valence-electron chi connectivity index (χ3n) is 4.50. The van der Waals surface area contributed by atoms with E-state index in [4.69, 9.17) is 4.74 Å². The van der Waals surface area contributed by atoms with Crippen LogP contribution >= 0.6 is 0 Å². The van der Waals surface area contributed by atoms with Crippen LogP contribution in [0.2, 0.25) is 0 Å². The summed E-state index contributed by atoms with van der Waals surface area (Å²) in [6.07, 6.45) is 7.00. The van der Waals surface area contributed by atoms with Gasteiger partial charge in [0.15, 0.2) is 0 Å². The smallest absolute Gasteiger partial charge is 0.305 e. The molecule has 1 aliphatic carbocycles. The number of nitrogens with zero attached hydrogens (tertiary/aromatic N) is 1. The van der Waals surface area contributed by atoms with Crippen LogP contribution in [0.5, 0.6) is 0 Å². The minimum absolute atomic E-state index is 0.0915. The molecule has 0 spiro atoms. The van der Waals surface area contributed by atoms with Crippen molar-refractivity contribution in [2.24, 2.45) is 5.92 Å². The maximum absolute atomic E-state index is 11.2. The van der Waals surface area contributed by atoms with Crippen LogP contribution < -0.4 is 0 Å². The first kappa shape index (κ1) is 13.8. The van der Waals surface area contributed by atoms with Gasteiger partial charge in [-0.2, -0.15) is 0 Å². The van der Waals surface area contributed by atoms with Crippen LogP contribution in [-0.2, 0) is 9.53 Å². The number of aliphatic hydroxyl groups is 1. The molecule has 4 nitrogen and oxygen atoms in total. The van der Waals surface area contributed by atoms with Gasteiger partial charge in [-0.25, -0.2) is 0 Å². The molecule has 1 heterocycles. The van der Waals surface area contributed by atoms with Crippen molar-refractivity contribution in [1.29, 1.82) is 0 Å². The van der Waals surface area contributed by atoms with E-state index in [1.807, 2.05) is 0 Å². The second kappa shape index (κ2) is 6.53. The van der Waals surface area contributed by atoms with Crippen molar-refractivity contribution in [3.05, 3.63) is 0 Å². The monoisotopic (exact) mass is 255 g/mol. The zero-order chi connectivity index (χ0) is 13.0. The molecule has 2 aliphatic rings. The second-order valence-corrected chi connectivity index (χ2v) is 5.68. The topological polar surface area (TPSA) is 49.8 Å². The van der Waals surface area contributed by atoms with Gasteiger partial charge in [-0.15, -0.1) is 0 Å². The van der Waals surface area contributed by atoms with E-state index >= 15 is 0 Å². The molecule has 2 atom stereocenters. The molecule has 2 fully saturated rings. The SMILES string of the molecule is COC(=O)CC1CCN([C@@H]2CCCC[C@H]2O)CC1. The first-order chi connectivity index (χ1) is 8.70. The number of hydrogen-bond acceptors (Lipinski definition) is 4. The van der Waals surface area contributed by atoms with Gasteiger partial charge < -0.3 is 9.84 Å². The first-order valence-electron chi connectivity index (χ1n) is 7.19. The van der Waals surface area contributed by atoms with Crippen LogP contribution in [-0.4, -0.2) is 48.3 Å². The lowest BCUT2D eigenvalue weighted by molar-refractivity contribution is -0.142. The van der Waals surface area contributed by atoms with Gasteiger partial charge in [0.2, 0.25) is 0 Å². The number of carbonyl (C=O) groups is 1. The van der Waals surface area contributed by atoms with Gasteiger partial charge in [0.25, 0.3) is 0 Å². The van der Waals surface area contributed by atoms with Crippen LogP contribution in [0.25, 0.3) is 0 Å². The Bertz CT molecular complexity index is 274. The Balaban J connectivity index is 1.77. The zero-order valence-corrected chi connectivity index (χ0v) is 11.3.